The molecule has 0 unspecified atom stereocenters. The van der Waals surface area contributed by atoms with Crippen LogP contribution >= 0.6 is 0 Å². The van der Waals surface area contributed by atoms with Crippen LogP contribution in [0, 0.1) is 5.82 Å². The quantitative estimate of drug-likeness (QED) is 0.394. The van der Waals surface area contributed by atoms with Crippen molar-refractivity contribution >= 4 is 11.8 Å². The Hall–Kier alpha value is -2.96. The second kappa shape index (κ2) is 6.66. The van der Waals surface area contributed by atoms with E-state index in [0.29, 0.717) is 18.3 Å². The highest BCUT2D eigenvalue weighted by Gasteiger charge is 2.15. The summed E-state index contributed by atoms with van der Waals surface area (Å²) in [6.07, 6.45) is 2.34. The van der Waals surface area contributed by atoms with Gasteiger partial charge in [-0.25, -0.2) is 14.2 Å². The van der Waals surface area contributed by atoms with Crippen molar-refractivity contribution < 1.29 is 28.2 Å². The number of carbonyl (C=O) groups excluding carboxylic acids is 2. The van der Waals surface area contributed by atoms with Crippen LogP contribution in [0.5, 0.6) is 0 Å². The van der Waals surface area contributed by atoms with Crippen molar-refractivity contribution in [2.45, 2.75) is 6.42 Å². The molecule has 7 heteroatoms. The lowest BCUT2D eigenvalue weighted by molar-refractivity contribution is -0.139. The standard InChI is InChI=1S/C15H12FNO5/c1-21-15(20)13(19)7-12(18)14-17-8-11(22-14)6-9-2-4-10(16)5-3-9/h2-5,7-8,19H,6H2,1H3. The molecule has 2 rings (SSSR count). The topological polar surface area (TPSA) is 89.6 Å². The molecule has 0 amide bonds. The molecule has 0 saturated heterocycles. The zero-order chi connectivity index (χ0) is 16.1. The largest absolute Gasteiger partial charge is 0.502 e. The van der Waals surface area contributed by atoms with Crippen molar-refractivity contribution in [3.8, 4) is 0 Å². The average molecular weight is 305 g/mol. The molecule has 114 valence electrons. The fraction of sp³-hybridized carbons (Fsp3) is 0.133. The number of halogens is 1. The van der Waals surface area contributed by atoms with Gasteiger partial charge in [-0.3, -0.25) is 4.79 Å². The zero-order valence-corrected chi connectivity index (χ0v) is 11.6. The first-order chi connectivity index (χ1) is 10.5. The van der Waals surface area contributed by atoms with Gasteiger partial charge in [-0.1, -0.05) is 12.1 Å². The van der Waals surface area contributed by atoms with E-state index in [9.17, 15) is 19.1 Å². The summed E-state index contributed by atoms with van der Waals surface area (Å²) in [6.45, 7) is 0. The number of benzene rings is 1. The van der Waals surface area contributed by atoms with Gasteiger partial charge in [0.25, 0.3) is 5.89 Å². The van der Waals surface area contributed by atoms with Gasteiger partial charge >= 0.3 is 5.97 Å². The van der Waals surface area contributed by atoms with Crippen LogP contribution in [0.15, 0.2) is 46.7 Å². The summed E-state index contributed by atoms with van der Waals surface area (Å²) >= 11 is 0. The molecule has 0 aliphatic carbocycles. The molecule has 22 heavy (non-hydrogen) atoms. The van der Waals surface area contributed by atoms with Crippen LogP contribution < -0.4 is 0 Å². The third kappa shape index (κ3) is 3.78. The van der Waals surface area contributed by atoms with Crippen molar-refractivity contribution in [3.63, 3.8) is 0 Å². The molecule has 0 atom stereocenters. The van der Waals surface area contributed by atoms with Crippen LogP contribution in [0.1, 0.15) is 22.0 Å². The van der Waals surface area contributed by atoms with E-state index in [1.54, 1.807) is 12.1 Å². The van der Waals surface area contributed by atoms with E-state index in [0.717, 1.165) is 12.7 Å². The van der Waals surface area contributed by atoms with Gasteiger partial charge in [-0.15, -0.1) is 0 Å². The van der Waals surface area contributed by atoms with E-state index >= 15 is 0 Å². The number of aromatic nitrogens is 1. The highest BCUT2D eigenvalue weighted by atomic mass is 19.1. The molecule has 1 aromatic heterocycles. The monoisotopic (exact) mass is 305 g/mol. The van der Waals surface area contributed by atoms with Crippen LogP contribution in [-0.2, 0) is 16.0 Å². The van der Waals surface area contributed by atoms with E-state index in [2.05, 4.69) is 9.72 Å². The van der Waals surface area contributed by atoms with Crippen LogP contribution in [0.25, 0.3) is 0 Å². The van der Waals surface area contributed by atoms with Crippen molar-refractivity contribution in [2.24, 2.45) is 0 Å². The molecule has 0 spiro atoms. The highest BCUT2D eigenvalue weighted by Crippen LogP contribution is 2.13. The minimum Gasteiger partial charge on any atom is -0.502 e. The number of nitrogens with zero attached hydrogens (tertiary/aromatic N) is 1. The number of aliphatic hydroxyl groups excluding tert-OH is 1. The Kier molecular flexibility index (Phi) is 4.67. The summed E-state index contributed by atoms with van der Waals surface area (Å²) in [7, 11) is 1.07. The maximum absolute atomic E-state index is 12.8. The first kappa shape index (κ1) is 15.4. The Labute approximate surface area is 124 Å². The van der Waals surface area contributed by atoms with E-state index in [-0.39, 0.29) is 11.7 Å². The Balaban J connectivity index is 2.09. The van der Waals surface area contributed by atoms with Gasteiger partial charge in [-0.05, 0) is 17.7 Å². The van der Waals surface area contributed by atoms with Gasteiger partial charge in [0.2, 0.25) is 11.5 Å². The lowest BCUT2D eigenvalue weighted by atomic mass is 10.1. The minimum absolute atomic E-state index is 0.271. The molecule has 0 bridgehead atoms. The molecule has 2 aromatic rings. The number of methoxy groups -OCH3 is 1. The number of hydrogen-bond acceptors (Lipinski definition) is 6. The van der Waals surface area contributed by atoms with E-state index in [1.807, 2.05) is 0 Å². The summed E-state index contributed by atoms with van der Waals surface area (Å²) in [5.41, 5.74) is 0.782. The van der Waals surface area contributed by atoms with Crippen LogP contribution in [-0.4, -0.2) is 29.0 Å². The lowest BCUT2D eigenvalue weighted by Crippen LogP contribution is -2.07. The predicted octanol–water partition coefficient (Wildman–Crippen LogP) is 2.20. The zero-order valence-electron chi connectivity index (χ0n) is 11.6. The van der Waals surface area contributed by atoms with Crippen molar-refractivity contribution in [2.75, 3.05) is 7.11 Å². The third-order valence-electron chi connectivity index (χ3n) is 2.72. The maximum atomic E-state index is 12.8. The van der Waals surface area contributed by atoms with Crippen molar-refractivity contribution in [3.05, 3.63) is 65.3 Å². The second-order valence-electron chi connectivity index (χ2n) is 4.32. The minimum atomic E-state index is -1.04. The SMILES string of the molecule is COC(=O)C(O)=CC(=O)c1ncc(Cc2ccc(F)cc2)o1. The van der Waals surface area contributed by atoms with Gasteiger partial charge in [-0.2, -0.15) is 0 Å². The third-order valence-corrected chi connectivity index (χ3v) is 2.72. The molecule has 1 N–H and O–H groups in total. The normalized spacial score (nSPS) is 11.3. The number of esters is 1. The number of ketones is 1. The summed E-state index contributed by atoms with van der Waals surface area (Å²) in [5, 5.41) is 9.28. The number of rotatable bonds is 5. The molecule has 0 fully saturated rings. The van der Waals surface area contributed by atoms with Gasteiger partial charge in [0.1, 0.15) is 11.6 Å². The van der Waals surface area contributed by atoms with Gasteiger partial charge < -0.3 is 14.3 Å². The van der Waals surface area contributed by atoms with Crippen molar-refractivity contribution in [1.82, 2.24) is 4.98 Å². The fourth-order valence-corrected chi connectivity index (χ4v) is 1.66. The maximum Gasteiger partial charge on any atom is 0.373 e. The Morgan fingerprint density at radius 1 is 1.36 bits per heavy atom. The number of carbonyl (C=O) groups is 2. The summed E-state index contributed by atoms with van der Waals surface area (Å²) < 4.78 is 22.3. The summed E-state index contributed by atoms with van der Waals surface area (Å²) in [4.78, 5) is 26.5. The van der Waals surface area contributed by atoms with Crippen LogP contribution in [0.4, 0.5) is 4.39 Å². The molecular formula is C15H12FNO5. The summed E-state index contributed by atoms with van der Waals surface area (Å²) in [6, 6.07) is 5.80. The summed E-state index contributed by atoms with van der Waals surface area (Å²) in [5.74, 6) is -2.88. The molecule has 1 aromatic carbocycles. The number of oxazole rings is 1. The first-order valence-corrected chi connectivity index (χ1v) is 6.22. The molecule has 0 aliphatic heterocycles. The van der Waals surface area contributed by atoms with E-state index in [1.165, 1.54) is 18.3 Å². The van der Waals surface area contributed by atoms with Crippen molar-refractivity contribution in [1.29, 1.82) is 0 Å². The van der Waals surface area contributed by atoms with E-state index in [4.69, 9.17) is 4.42 Å². The smallest absolute Gasteiger partial charge is 0.373 e. The van der Waals surface area contributed by atoms with Crippen LogP contribution in [0.3, 0.4) is 0 Å². The second-order valence-corrected chi connectivity index (χ2v) is 4.32. The molecule has 0 radical (unpaired) electrons. The lowest BCUT2D eigenvalue weighted by Gasteiger charge is -1.97. The molecule has 1 heterocycles. The Morgan fingerprint density at radius 3 is 2.68 bits per heavy atom. The Bertz CT molecular complexity index is 718. The Morgan fingerprint density at radius 2 is 2.05 bits per heavy atom. The predicted molar refractivity (Wildman–Crippen MR) is 72.8 cm³/mol. The molecular weight excluding hydrogens is 293 g/mol. The van der Waals surface area contributed by atoms with Gasteiger partial charge in [0.05, 0.1) is 13.3 Å². The van der Waals surface area contributed by atoms with Crippen LogP contribution in [0.2, 0.25) is 0 Å². The number of allylic oxidation sites excluding steroid dienone is 1. The number of hydrogen-bond donors (Lipinski definition) is 1. The van der Waals surface area contributed by atoms with Gasteiger partial charge in [0, 0.05) is 12.5 Å². The first-order valence-electron chi connectivity index (χ1n) is 6.22. The number of ether oxygens (including phenoxy) is 1. The highest BCUT2D eigenvalue weighted by molar-refractivity contribution is 6.05. The molecule has 6 nitrogen and oxygen atoms in total. The van der Waals surface area contributed by atoms with Gasteiger partial charge in [0.15, 0.2) is 0 Å². The number of aliphatic hydroxyl groups is 1. The van der Waals surface area contributed by atoms with E-state index < -0.39 is 17.5 Å². The fourth-order valence-electron chi connectivity index (χ4n) is 1.66. The molecule has 0 aliphatic rings. The molecule has 0 saturated carbocycles. The average Bonchev–Trinajstić information content (AvgIpc) is 2.97.